The van der Waals surface area contributed by atoms with Crippen molar-refractivity contribution in [3.63, 3.8) is 0 Å². The fourth-order valence-electron chi connectivity index (χ4n) is 2.85. The number of hydrogen-bond donors (Lipinski definition) is 2. The van der Waals surface area contributed by atoms with Gasteiger partial charge in [-0.1, -0.05) is 6.92 Å². The topological polar surface area (TPSA) is 84.3 Å². The van der Waals surface area contributed by atoms with Crippen LogP contribution in [0.15, 0.2) is 21.9 Å². The van der Waals surface area contributed by atoms with Crippen LogP contribution in [0, 0.1) is 11.8 Å². The highest BCUT2D eigenvalue weighted by Crippen LogP contribution is 2.40. The minimum absolute atomic E-state index is 0.0790. The van der Waals surface area contributed by atoms with Gasteiger partial charge >= 0.3 is 5.69 Å². The van der Waals surface area contributed by atoms with E-state index >= 15 is 0 Å². The summed E-state index contributed by atoms with van der Waals surface area (Å²) in [5.41, 5.74) is -0.838. The Labute approximate surface area is 104 Å². The van der Waals surface area contributed by atoms with Gasteiger partial charge in [0.25, 0.3) is 5.56 Å². The average molecular weight is 254 g/mol. The van der Waals surface area contributed by atoms with Crippen LogP contribution in [0.2, 0.25) is 0 Å². The molecule has 1 aromatic heterocycles. The first-order valence-corrected chi connectivity index (χ1v) is 6.03. The zero-order valence-electron chi connectivity index (χ0n) is 10.5. The van der Waals surface area contributed by atoms with Gasteiger partial charge in [-0.15, -0.1) is 0 Å². The minimum atomic E-state index is -0.430. The van der Waals surface area contributed by atoms with Crippen LogP contribution in [0.1, 0.15) is 19.4 Å². The lowest BCUT2D eigenvalue weighted by Gasteiger charge is -2.23. The lowest BCUT2D eigenvalue weighted by molar-refractivity contribution is 0.0358. The molecule has 100 valence electrons. The van der Waals surface area contributed by atoms with E-state index < -0.39 is 11.2 Å². The van der Waals surface area contributed by atoms with Gasteiger partial charge in [0.2, 0.25) is 0 Å². The molecular formula is C12H18N2O4. The Morgan fingerprint density at radius 1 is 1.56 bits per heavy atom. The molecule has 2 N–H and O–H groups in total. The summed E-state index contributed by atoms with van der Waals surface area (Å²) in [6, 6.07) is 1.18. The molecule has 1 aromatic rings. The predicted molar refractivity (Wildman–Crippen MR) is 65.5 cm³/mol. The van der Waals surface area contributed by atoms with Crippen LogP contribution in [0.5, 0.6) is 0 Å². The van der Waals surface area contributed by atoms with Crippen LogP contribution < -0.4 is 11.2 Å². The van der Waals surface area contributed by atoms with Crippen LogP contribution >= 0.6 is 0 Å². The van der Waals surface area contributed by atoms with Gasteiger partial charge in [0.15, 0.2) is 0 Å². The third-order valence-electron chi connectivity index (χ3n) is 3.90. The highest BCUT2D eigenvalue weighted by Gasteiger charge is 2.41. The van der Waals surface area contributed by atoms with Crippen molar-refractivity contribution in [3.8, 4) is 0 Å². The largest absolute Gasteiger partial charge is 0.396 e. The summed E-state index contributed by atoms with van der Waals surface area (Å²) in [5.74, 6) is 0.280. The van der Waals surface area contributed by atoms with Gasteiger partial charge in [0.05, 0.1) is 12.1 Å². The van der Waals surface area contributed by atoms with E-state index in [1.165, 1.54) is 16.8 Å². The molecule has 0 spiro atoms. The molecule has 1 fully saturated rings. The normalized spacial score (nSPS) is 31.7. The molecule has 0 aliphatic heterocycles. The summed E-state index contributed by atoms with van der Waals surface area (Å²) < 4.78 is 6.93. The van der Waals surface area contributed by atoms with E-state index in [1.54, 1.807) is 7.11 Å². The van der Waals surface area contributed by atoms with Crippen LogP contribution in [0.25, 0.3) is 0 Å². The summed E-state index contributed by atoms with van der Waals surface area (Å²) in [7, 11) is 1.60. The van der Waals surface area contributed by atoms with Crippen LogP contribution in [0.3, 0.4) is 0 Å². The van der Waals surface area contributed by atoms with Gasteiger partial charge in [-0.25, -0.2) is 4.79 Å². The Kier molecular flexibility index (Phi) is 3.68. The number of aromatic amines is 1. The lowest BCUT2D eigenvalue weighted by Crippen LogP contribution is -2.36. The fraction of sp³-hybridized carbons (Fsp3) is 0.667. The highest BCUT2D eigenvalue weighted by molar-refractivity contribution is 4.96. The molecule has 1 aliphatic rings. The number of aliphatic hydroxyl groups is 1. The monoisotopic (exact) mass is 254 g/mol. The van der Waals surface area contributed by atoms with Crippen molar-refractivity contribution < 1.29 is 9.84 Å². The first-order chi connectivity index (χ1) is 8.58. The molecule has 2 rings (SSSR count). The second-order valence-electron chi connectivity index (χ2n) is 4.82. The number of ether oxygens (including phenoxy) is 1. The molecule has 1 aliphatic carbocycles. The van der Waals surface area contributed by atoms with E-state index in [0.717, 1.165) is 0 Å². The highest BCUT2D eigenvalue weighted by atomic mass is 16.5. The van der Waals surface area contributed by atoms with Gasteiger partial charge in [-0.3, -0.25) is 14.3 Å². The molecular weight excluding hydrogens is 236 g/mol. The van der Waals surface area contributed by atoms with Crippen LogP contribution in [-0.4, -0.2) is 34.5 Å². The molecule has 4 atom stereocenters. The average Bonchev–Trinajstić information content (AvgIpc) is 2.65. The number of nitrogens with zero attached hydrogens (tertiary/aromatic N) is 1. The maximum atomic E-state index is 11.8. The third kappa shape index (κ3) is 2.13. The van der Waals surface area contributed by atoms with Crippen molar-refractivity contribution >= 4 is 0 Å². The molecule has 0 saturated heterocycles. The van der Waals surface area contributed by atoms with Gasteiger partial charge in [-0.05, 0) is 18.3 Å². The number of hydrogen-bond acceptors (Lipinski definition) is 4. The van der Waals surface area contributed by atoms with Crippen LogP contribution in [-0.2, 0) is 4.74 Å². The Morgan fingerprint density at radius 3 is 2.83 bits per heavy atom. The number of methoxy groups -OCH3 is 1. The molecule has 6 heteroatoms. The smallest absolute Gasteiger partial charge is 0.328 e. The molecule has 0 amide bonds. The summed E-state index contributed by atoms with van der Waals surface area (Å²) in [4.78, 5) is 25.1. The van der Waals surface area contributed by atoms with Crippen molar-refractivity contribution in [2.45, 2.75) is 25.5 Å². The lowest BCUT2D eigenvalue weighted by atomic mass is 9.98. The van der Waals surface area contributed by atoms with E-state index in [2.05, 4.69) is 4.98 Å². The predicted octanol–water partition coefficient (Wildman–Crippen LogP) is -0.259. The number of H-pyrrole nitrogens is 1. The number of aromatic nitrogens is 2. The maximum absolute atomic E-state index is 11.8. The number of aliphatic hydroxyl groups excluding tert-OH is 1. The van der Waals surface area contributed by atoms with Gasteiger partial charge < -0.3 is 9.84 Å². The first kappa shape index (κ1) is 13.0. The van der Waals surface area contributed by atoms with Crippen molar-refractivity contribution in [1.82, 2.24) is 9.55 Å². The van der Waals surface area contributed by atoms with E-state index in [0.29, 0.717) is 6.42 Å². The molecule has 6 nitrogen and oxygen atoms in total. The van der Waals surface area contributed by atoms with E-state index in [9.17, 15) is 14.7 Å². The Balaban J connectivity index is 2.38. The fourth-order valence-corrected chi connectivity index (χ4v) is 2.85. The van der Waals surface area contributed by atoms with E-state index in [1.807, 2.05) is 6.92 Å². The molecule has 0 aromatic carbocycles. The Hall–Kier alpha value is -1.40. The summed E-state index contributed by atoms with van der Waals surface area (Å²) in [5, 5.41) is 9.33. The van der Waals surface area contributed by atoms with E-state index in [4.69, 9.17) is 4.74 Å². The number of rotatable bonds is 3. The summed E-state index contributed by atoms with van der Waals surface area (Å²) in [6.45, 7) is 2.08. The standard InChI is InChI=1S/C12H18N2O4/c1-7-8(6-15)5-9(11(7)18-2)14-4-3-10(16)13-12(14)17/h3-4,7-9,11,15H,5-6H2,1-2H3,(H,13,16,17)/t7-,8-,9-,11-/m1/s1. The SMILES string of the molecule is CO[C@@H]1[C@H](C)[C@@H](CO)C[C@H]1n1ccc(=O)[nH]c1=O. The zero-order chi connectivity index (χ0) is 13.3. The molecule has 1 saturated carbocycles. The van der Waals surface area contributed by atoms with Crippen molar-refractivity contribution in [2.24, 2.45) is 11.8 Å². The summed E-state index contributed by atoms with van der Waals surface area (Å²) in [6.07, 6.45) is 2.03. The van der Waals surface area contributed by atoms with Crippen LogP contribution in [0.4, 0.5) is 0 Å². The minimum Gasteiger partial charge on any atom is -0.396 e. The third-order valence-corrected chi connectivity index (χ3v) is 3.90. The molecule has 18 heavy (non-hydrogen) atoms. The van der Waals surface area contributed by atoms with E-state index in [-0.39, 0.29) is 30.6 Å². The molecule has 0 bridgehead atoms. The van der Waals surface area contributed by atoms with Crippen molar-refractivity contribution in [2.75, 3.05) is 13.7 Å². The second-order valence-corrected chi connectivity index (χ2v) is 4.82. The van der Waals surface area contributed by atoms with Gasteiger partial charge in [0, 0.05) is 26.0 Å². The summed E-state index contributed by atoms with van der Waals surface area (Å²) >= 11 is 0. The van der Waals surface area contributed by atoms with Gasteiger partial charge in [0.1, 0.15) is 0 Å². The Bertz CT molecular complexity index is 521. The Morgan fingerprint density at radius 2 is 2.28 bits per heavy atom. The van der Waals surface area contributed by atoms with Crippen molar-refractivity contribution in [3.05, 3.63) is 33.1 Å². The molecule has 0 radical (unpaired) electrons. The molecule has 1 heterocycles. The molecule has 0 unspecified atom stereocenters. The quantitative estimate of drug-likeness (QED) is 0.778. The van der Waals surface area contributed by atoms with Crippen molar-refractivity contribution in [1.29, 1.82) is 0 Å². The maximum Gasteiger partial charge on any atom is 0.328 e. The number of nitrogens with one attached hydrogen (secondary N) is 1. The zero-order valence-corrected chi connectivity index (χ0v) is 10.5. The second kappa shape index (κ2) is 5.07. The first-order valence-electron chi connectivity index (χ1n) is 6.03. The van der Waals surface area contributed by atoms with Gasteiger partial charge in [-0.2, -0.15) is 0 Å².